The maximum Gasteiger partial charge on any atom is 0.225 e. The predicted octanol–water partition coefficient (Wildman–Crippen LogP) is 1.07. The van der Waals surface area contributed by atoms with Crippen molar-refractivity contribution >= 4 is 17.9 Å². The topological polar surface area (TPSA) is 51.2 Å². The standard InChI is InChI=1S/C10H12O3/c1-4-10(3)7(5-11)6(2)8(12)9(10)13/h5H,4H2,1-3H3. The highest BCUT2D eigenvalue weighted by molar-refractivity contribution is 6.49. The van der Waals surface area contributed by atoms with Crippen molar-refractivity contribution < 1.29 is 14.4 Å². The lowest BCUT2D eigenvalue weighted by Gasteiger charge is -2.19. The fourth-order valence-corrected chi connectivity index (χ4v) is 1.65. The molecule has 0 fully saturated rings. The van der Waals surface area contributed by atoms with Gasteiger partial charge in [0.05, 0.1) is 5.41 Å². The summed E-state index contributed by atoms with van der Waals surface area (Å²) in [6, 6.07) is 0. The van der Waals surface area contributed by atoms with Crippen molar-refractivity contribution in [3.8, 4) is 0 Å². The summed E-state index contributed by atoms with van der Waals surface area (Å²) in [4.78, 5) is 33.5. The summed E-state index contributed by atoms with van der Waals surface area (Å²) in [6.07, 6.45) is 1.12. The number of hydrogen-bond acceptors (Lipinski definition) is 3. The minimum atomic E-state index is -0.872. The molecule has 1 atom stereocenters. The molecule has 0 N–H and O–H groups in total. The van der Waals surface area contributed by atoms with Crippen molar-refractivity contribution in [2.24, 2.45) is 5.41 Å². The molecule has 0 aliphatic heterocycles. The first-order valence-corrected chi connectivity index (χ1v) is 4.24. The van der Waals surface area contributed by atoms with Gasteiger partial charge in [0.1, 0.15) is 6.29 Å². The SMILES string of the molecule is CCC1(C)C(=O)C(=O)C(C)=C1C=O. The number of aldehydes is 1. The zero-order valence-electron chi connectivity index (χ0n) is 8.01. The van der Waals surface area contributed by atoms with Crippen LogP contribution in [0.25, 0.3) is 0 Å². The fourth-order valence-electron chi connectivity index (χ4n) is 1.65. The Hall–Kier alpha value is -1.25. The van der Waals surface area contributed by atoms with Gasteiger partial charge in [0.15, 0.2) is 0 Å². The van der Waals surface area contributed by atoms with Crippen molar-refractivity contribution in [2.75, 3.05) is 0 Å². The third kappa shape index (κ3) is 1.07. The fraction of sp³-hybridized carbons (Fsp3) is 0.500. The molecule has 0 aromatic heterocycles. The van der Waals surface area contributed by atoms with Crippen LogP contribution in [0, 0.1) is 5.41 Å². The summed E-state index contributed by atoms with van der Waals surface area (Å²) in [5.41, 5.74) is -0.211. The van der Waals surface area contributed by atoms with Gasteiger partial charge in [0.2, 0.25) is 11.6 Å². The zero-order valence-corrected chi connectivity index (χ0v) is 8.01. The van der Waals surface area contributed by atoms with Gasteiger partial charge in [-0.2, -0.15) is 0 Å². The normalized spacial score (nSPS) is 28.5. The molecule has 0 radical (unpaired) electrons. The molecule has 0 saturated heterocycles. The molecule has 1 aliphatic carbocycles. The highest BCUT2D eigenvalue weighted by Crippen LogP contribution is 2.39. The van der Waals surface area contributed by atoms with Gasteiger partial charge in [-0.25, -0.2) is 0 Å². The Kier molecular flexibility index (Phi) is 2.20. The smallest absolute Gasteiger partial charge is 0.225 e. The van der Waals surface area contributed by atoms with Gasteiger partial charge in [-0.1, -0.05) is 6.92 Å². The van der Waals surface area contributed by atoms with Crippen LogP contribution in [-0.2, 0) is 14.4 Å². The molecule has 0 saturated carbocycles. The lowest BCUT2D eigenvalue weighted by atomic mass is 9.80. The zero-order chi connectivity index (χ0) is 10.2. The molecule has 0 amide bonds. The van der Waals surface area contributed by atoms with E-state index in [1.807, 2.05) is 0 Å². The first-order valence-electron chi connectivity index (χ1n) is 4.24. The number of hydrogen-bond donors (Lipinski definition) is 0. The van der Waals surface area contributed by atoms with Crippen LogP contribution in [0.15, 0.2) is 11.1 Å². The Labute approximate surface area is 76.8 Å². The Bertz CT molecular complexity index is 325. The van der Waals surface area contributed by atoms with E-state index in [1.54, 1.807) is 13.8 Å². The van der Waals surface area contributed by atoms with Gasteiger partial charge >= 0.3 is 0 Å². The van der Waals surface area contributed by atoms with E-state index in [-0.39, 0.29) is 0 Å². The molecule has 1 aliphatic rings. The number of ketones is 2. The molecule has 1 rings (SSSR count). The van der Waals surface area contributed by atoms with Crippen LogP contribution in [0.5, 0.6) is 0 Å². The summed E-state index contributed by atoms with van der Waals surface area (Å²) < 4.78 is 0. The van der Waals surface area contributed by atoms with Crippen LogP contribution in [0.3, 0.4) is 0 Å². The Balaban J connectivity index is 3.34. The molecule has 0 spiro atoms. The van der Waals surface area contributed by atoms with Gasteiger partial charge in [0, 0.05) is 11.1 Å². The predicted molar refractivity (Wildman–Crippen MR) is 47.2 cm³/mol. The van der Waals surface area contributed by atoms with Crippen LogP contribution < -0.4 is 0 Å². The van der Waals surface area contributed by atoms with Crippen molar-refractivity contribution in [1.82, 2.24) is 0 Å². The molecule has 1 unspecified atom stereocenters. The molecule has 0 bridgehead atoms. The molecule has 3 nitrogen and oxygen atoms in total. The van der Waals surface area contributed by atoms with E-state index in [0.29, 0.717) is 23.9 Å². The van der Waals surface area contributed by atoms with Crippen LogP contribution >= 0.6 is 0 Å². The van der Waals surface area contributed by atoms with Crippen molar-refractivity contribution in [3.05, 3.63) is 11.1 Å². The van der Waals surface area contributed by atoms with Crippen LogP contribution in [0.2, 0.25) is 0 Å². The van der Waals surface area contributed by atoms with Crippen LogP contribution in [-0.4, -0.2) is 17.9 Å². The van der Waals surface area contributed by atoms with Gasteiger partial charge in [-0.05, 0) is 20.3 Å². The maximum atomic E-state index is 11.5. The van der Waals surface area contributed by atoms with E-state index in [9.17, 15) is 14.4 Å². The third-order valence-corrected chi connectivity index (χ3v) is 2.87. The number of carbonyl (C=O) groups excluding carboxylic acids is 3. The molecule has 0 heterocycles. The minimum Gasteiger partial charge on any atom is -0.298 e. The minimum absolute atomic E-state index is 0.310. The summed E-state index contributed by atoms with van der Waals surface area (Å²) in [5.74, 6) is -0.957. The van der Waals surface area contributed by atoms with Gasteiger partial charge in [-0.15, -0.1) is 0 Å². The quantitative estimate of drug-likeness (QED) is 0.471. The molecular formula is C10H12O3. The lowest BCUT2D eigenvalue weighted by molar-refractivity contribution is -0.137. The summed E-state index contributed by atoms with van der Waals surface area (Å²) in [6.45, 7) is 4.98. The highest BCUT2D eigenvalue weighted by atomic mass is 16.2. The lowest BCUT2D eigenvalue weighted by Crippen LogP contribution is -2.28. The number of allylic oxidation sites excluding steroid dienone is 2. The van der Waals surface area contributed by atoms with Gasteiger partial charge < -0.3 is 0 Å². The monoisotopic (exact) mass is 180 g/mol. The second kappa shape index (κ2) is 2.91. The van der Waals surface area contributed by atoms with E-state index in [2.05, 4.69) is 0 Å². The average molecular weight is 180 g/mol. The summed E-state index contributed by atoms with van der Waals surface area (Å²) in [7, 11) is 0. The second-order valence-corrected chi connectivity index (χ2v) is 3.50. The summed E-state index contributed by atoms with van der Waals surface area (Å²) >= 11 is 0. The first-order chi connectivity index (χ1) is 5.99. The third-order valence-electron chi connectivity index (χ3n) is 2.87. The number of carbonyl (C=O) groups is 3. The van der Waals surface area contributed by atoms with Gasteiger partial charge in [-0.3, -0.25) is 14.4 Å². The largest absolute Gasteiger partial charge is 0.298 e. The van der Waals surface area contributed by atoms with Crippen LogP contribution in [0.1, 0.15) is 27.2 Å². The van der Waals surface area contributed by atoms with Crippen molar-refractivity contribution in [1.29, 1.82) is 0 Å². The molecule has 70 valence electrons. The molecule has 13 heavy (non-hydrogen) atoms. The molecular weight excluding hydrogens is 168 g/mol. The van der Waals surface area contributed by atoms with E-state index in [1.165, 1.54) is 6.92 Å². The van der Waals surface area contributed by atoms with E-state index >= 15 is 0 Å². The Morgan fingerprint density at radius 1 is 1.38 bits per heavy atom. The van der Waals surface area contributed by atoms with Crippen molar-refractivity contribution in [2.45, 2.75) is 27.2 Å². The maximum absolute atomic E-state index is 11.5. The highest BCUT2D eigenvalue weighted by Gasteiger charge is 2.47. The Morgan fingerprint density at radius 2 is 1.92 bits per heavy atom. The summed E-state index contributed by atoms with van der Waals surface area (Å²) in [5, 5.41) is 0. The van der Waals surface area contributed by atoms with Crippen LogP contribution in [0.4, 0.5) is 0 Å². The number of Topliss-reactive ketones (excluding diaryl/α,β-unsaturated/α-hetero) is 2. The van der Waals surface area contributed by atoms with E-state index in [0.717, 1.165) is 0 Å². The van der Waals surface area contributed by atoms with E-state index in [4.69, 9.17) is 0 Å². The molecule has 0 aromatic rings. The number of rotatable bonds is 2. The average Bonchev–Trinajstić information content (AvgIpc) is 2.29. The Morgan fingerprint density at radius 3 is 2.23 bits per heavy atom. The van der Waals surface area contributed by atoms with Crippen molar-refractivity contribution in [3.63, 3.8) is 0 Å². The van der Waals surface area contributed by atoms with E-state index < -0.39 is 17.0 Å². The molecule has 3 heteroatoms. The van der Waals surface area contributed by atoms with Gasteiger partial charge in [0.25, 0.3) is 0 Å². The molecule has 0 aromatic carbocycles. The second-order valence-electron chi connectivity index (χ2n) is 3.50. The first kappa shape index (κ1) is 9.84.